The Labute approximate surface area is 188 Å². The summed E-state index contributed by atoms with van der Waals surface area (Å²) in [6, 6.07) is 15.8. The predicted molar refractivity (Wildman–Crippen MR) is 122 cm³/mol. The molecule has 1 aliphatic carbocycles. The van der Waals surface area contributed by atoms with Gasteiger partial charge in [0, 0.05) is 31.8 Å². The molecule has 2 aromatic carbocycles. The van der Waals surface area contributed by atoms with Gasteiger partial charge in [-0.05, 0) is 37.3 Å². The number of urea groups is 1. The zero-order valence-corrected chi connectivity index (χ0v) is 18.6. The van der Waals surface area contributed by atoms with Crippen LogP contribution in [0.25, 0.3) is 11.3 Å². The van der Waals surface area contributed by atoms with Crippen molar-refractivity contribution in [1.29, 1.82) is 0 Å². The molecule has 0 unspecified atom stereocenters. The number of halogens is 1. The van der Waals surface area contributed by atoms with E-state index in [1.165, 1.54) is 12.1 Å². The highest BCUT2D eigenvalue weighted by Crippen LogP contribution is 2.36. The Balaban J connectivity index is 1.71. The summed E-state index contributed by atoms with van der Waals surface area (Å²) in [4.78, 5) is 14.8. The molecule has 0 spiro atoms. The fourth-order valence-corrected chi connectivity index (χ4v) is 3.66. The van der Waals surface area contributed by atoms with Gasteiger partial charge in [0.2, 0.25) is 5.88 Å². The van der Waals surface area contributed by atoms with Crippen molar-refractivity contribution in [1.82, 2.24) is 20.0 Å². The van der Waals surface area contributed by atoms with Crippen molar-refractivity contribution in [3.63, 3.8) is 0 Å². The summed E-state index contributed by atoms with van der Waals surface area (Å²) < 4.78 is 21.5. The average molecular weight is 437 g/mol. The van der Waals surface area contributed by atoms with Gasteiger partial charge in [0.05, 0.1) is 12.1 Å². The molecular weight excluding hydrogens is 407 g/mol. The maximum Gasteiger partial charge on any atom is 0.317 e. The summed E-state index contributed by atoms with van der Waals surface area (Å²) in [6.45, 7) is 3.71. The molecule has 0 atom stereocenters. The highest BCUT2D eigenvalue weighted by molar-refractivity contribution is 5.75. The number of hydrogen-bond donors (Lipinski definition) is 1. The van der Waals surface area contributed by atoms with Crippen molar-refractivity contribution in [3.8, 4) is 22.9 Å². The molecule has 6 nitrogen and oxygen atoms in total. The second-order valence-electron chi connectivity index (χ2n) is 8.24. The molecule has 3 aromatic rings. The van der Waals surface area contributed by atoms with Crippen LogP contribution in [-0.2, 0) is 13.6 Å². The molecule has 0 aliphatic heterocycles. The number of hydrogen-bond acceptors (Lipinski definition) is 3. The fourth-order valence-electron chi connectivity index (χ4n) is 3.66. The lowest BCUT2D eigenvalue weighted by molar-refractivity contribution is 0.192. The van der Waals surface area contributed by atoms with Crippen molar-refractivity contribution in [3.05, 3.63) is 66.0 Å². The van der Waals surface area contributed by atoms with E-state index in [4.69, 9.17) is 9.84 Å². The lowest BCUT2D eigenvalue weighted by Gasteiger charge is -2.24. The van der Waals surface area contributed by atoms with Gasteiger partial charge in [-0.15, -0.1) is 0 Å². The molecule has 32 heavy (non-hydrogen) atoms. The number of amides is 2. The number of carbonyl (C=O) groups is 1. The minimum absolute atomic E-state index is 0.0849. The van der Waals surface area contributed by atoms with Crippen LogP contribution in [0.3, 0.4) is 0 Å². The molecule has 1 aromatic heterocycles. The number of rotatable bonds is 9. The zero-order valence-electron chi connectivity index (χ0n) is 18.6. The van der Waals surface area contributed by atoms with Gasteiger partial charge in [0.1, 0.15) is 17.3 Å². The van der Waals surface area contributed by atoms with Crippen LogP contribution >= 0.6 is 0 Å². The molecule has 1 N–H and O–H groups in total. The Morgan fingerprint density at radius 1 is 1.22 bits per heavy atom. The predicted octanol–water partition coefficient (Wildman–Crippen LogP) is 5.35. The van der Waals surface area contributed by atoms with E-state index in [1.807, 2.05) is 42.2 Å². The molecule has 0 bridgehead atoms. The van der Waals surface area contributed by atoms with Crippen molar-refractivity contribution in [2.24, 2.45) is 13.0 Å². The van der Waals surface area contributed by atoms with E-state index in [2.05, 4.69) is 5.32 Å². The van der Waals surface area contributed by atoms with Crippen LogP contribution < -0.4 is 10.1 Å². The molecule has 2 amide bonds. The maximum atomic E-state index is 13.8. The van der Waals surface area contributed by atoms with Crippen LogP contribution in [0.15, 0.2) is 54.6 Å². The Kier molecular flexibility index (Phi) is 6.73. The first-order chi connectivity index (χ1) is 15.5. The average Bonchev–Trinajstić information content (AvgIpc) is 3.57. The van der Waals surface area contributed by atoms with Gasteiger partial charge in [0.25, 0.3) is 0 Å². The first-order valence-corrected chi connectivity index (χ1v) is 11.1. The number of benzene rings is 2. The third kappa shape index (κ3) is 5.28. The van der Waals surface area contributed by atoms with Gasteiger partial charge in [-0.3, -0.25) is 0 Å². The third-order valence-electron chi connectivity index (χ3n) is 5.48. The zero-order chi connectivity index (χ0) is 22.5. The summed E-state index contributed by atoms with van der Waals surface area (Å²) in [5, 5.41) is 7.71. The van der Waals surface area contributed by atoms with E-state index in [9.17, 15) is 9.18 Å². The summed E-state index contributed by atoms with van der Waals surface area (Å²) in [6.07, 6.45) is 3.16. The van der Waals surface area contributed by atoms with Gasteiger partial charge in [-0.25, -0.2) is 13.9 Å². The van der Waals surface area contributed by atoms with Crippen molar-refractivity contribution < 1.29 is 13.9 Å². The largest absolute Gasteiger partial charge is 0.439 e. The molecule has 168 valence electrons. The summed E-state index contributed by atoms with van der Waals surface area (Å²) in [5.74, 6) is 1.05. The van der Waals surface area contributed by atoms with Gasteiger partial charge in [-0.2, -0.15) is 5.10 Å². The van der Waals surface area contributed by atoms with Gasteiger partial charge in [0.15, 0.2) is 0 Å². The molecule has 1 heterocycles. The smallest absolute Gasteiger partial charge is 0.317 e. The first kappa shape index (κ1) is 21.9. The van der Waals surface area contributed by atoms with E-state index >= 15 is 0 Å². The minimum Gasteiger partial charge on any atom is -0.439 e. The fraction of sp³-hybridized carbons (Fsp3) is 0.360. The van der Waals surface area contributed by atoms with Gasteiger partial charge >= 0.3 is 6.03 Å². The van der Waals surface area contributed by atoms with E-state index in [1.54, 1.807) is 23.9 Å². The molecule has 4 rings (SSSR count). The summed E-state index contributed by atoms with van der Waals surface area (Å²) >= 11 is 0. The van der Waals surface area contributed by atoms with Crippen LogP contribution in [0.5, 0.6) is 11.6 Å². The minimum atomic E-state index is -0.371. The molecule has 0 saturated heterocycles. The Bertz CT molecular complexity index is 1060. The SMILES string of the molecule is CCCNC(=O)N(Cc1c(-c2ccccc2)nn(C)c1Oc1cccc(F)c1)CC1CC1. The Morgan fingerprint density at radius 2 is 2.00 bits per heavy atom. The second-order valence-corrected chi connectivity index (χ2v) is 8.24. The molecule has 1 fully saturated rings. The van der Waals surface area contributed by atoms with Crippen LogP contribution in [0, 0.1) is 11.7 Å². The normalized spacial score (nSPS) is 13.1. The lowest BCUT2D eigenvalue weighted by atomic mass is 10.1. The molecule has 1 aliphatic rings. The van der Waals surface area contributed by atoms with Crippen LogP contribution in [-0.4, -0.2) is 33.8 Å². The quantitative estimate of drug-likeness (QED) is 0.492. The van der Waals surface area contributed by atoms with Crippen molar-refractivity contribution in [2.45, 2.75) is 32.7 Å². The van der Waals surface area contributed by atoms with Crippen LogP contribution in [0.1, 0.15) is 31.7 Å². The topological polar surface area (TPSA) is 59.4 Å². The summed E-state index contributed by atoms with van der Waals surface area (Å²) in [7, 11) is 1.80. The highest BCUT2D eigenvalue weighted by atomic mass is 19.1. The number of ether oxygens (including phenoxy) is 1. The van der Waals surface area contributed by atoms with E-state index in [0.717, 1.165) is 36.1 Å². The molecular formula is C25H29FN4O2. The Morgan fingerprint density at radius 3 is 2.69 bits per heavy atom. The monoisotopic (exact) mass is 436 g/mol. The number of aromatic nitrogens is 2. The van der Waals surface area contributed by atoms with Crippen molar-refractivity contribution >= 4 is 6.03 Å². The summed E-state index contributed by atoms with van der Waals surface area (Å²) in [5.41, 5.74) is 2.49. The lowest BCUT2D eigenvalue weighted by Crippen LogP contribution is -2.41. The van der Waals surface area contributed by atoms with Crippen LogP contribution in [0.2, 0.25) is 0 Å². The third-order valence-corrected chi connectivity index (χ3v) is 5.48. The number of aryl methyl sites for hydroxylation is 1. The number of nitrogens with one attached hydrogen (secondary N) is 1. The van der Waals surface area contributed by atoms with E-state index in [0.29, 0.717) is 37.2 Å². The van der Waals surface area contributed by atoms with Gasteiger partial charge < -0.3 is 15.0 Å². The Hall–Kier alpha value is -3.35. The maximum absolute atomic E-state index is 13.8. The number of carbonyl (C=O) groups excluding carboxylic acids is 1. The molecule has 7 heteroatoms. The second kappa shape index (κ2) is 9.85. The van der Waals surface area contributed by atoms with E-state index in [-0.39, 0.29) is 11.8 Å². The highest BCUT2D eigenvalue weighted by Gasteiger charge is 2.29. The molecule has 1 saturated carbocycles. The first-order valence-electron chi connectivity index (χ1n) is 11.1. The van der Waals surface area contributed by atoms with Crippen molar-refractivity contribution in [2.75, 3.05) is 13.1 Å². The standard InChI is InChI=1S/C25H29FN4O2/c1-3-14-27-25(31)30(16-18-12-13-18)17-22-23(19-8-5-4-6-9-19)28-29(2)24(22)32-21-11-7-10-20(26)15-21/h4-11,15,18H,3,12-14,16-17H2,1-2H3,(H,27,31). The van der Waals surface area contributed by atoms with E-state index < -0.39 is 0 Å². The van der Waals surface area contributed by atoms with Gasteiger partial charge in [-0.1, -0.05) is 43.3 Å². The number of nitrogens with zero attached hydrogens (tertiary/aromatic N) is 3. The molecule has 0 radical (unpaired) electrons. The van der Waals surface area contributed by atoms with Crippen LogP contribution in [0.4, 0.5) is 9.18 Å².